The Bertz CT molecular complexity index is 813. The number of benzene rings is 2. The molecule has 2 aromatic carbocycles. The summed E-state index contributed by atoms with van der Waals surface area (Å²) >= 11 is 0. The molecule has 0 radical (unpaired) electrons. The Morgan fingerprint density at radius 2 is 2.04 bits per heavy atom. The summed E-state index contributed by atoms with van der Waals surface area (Å²) in [6, 6.07) is 11.7. The quantitative estimate of drug-likeness (QED) is 0.786. The van der Waals surface area contributed by atoms with Crippen molar-refractivity contribution in [2.75, 3.05) is 13.1 Å². The van der Waals surface area contributed by atoms with Crippen LogP contribution in [-0.4, -0.2) is 44.5 Å². The lowest BCUT2D eigenvalue weighted by Crippen LogP contribution is -2.31. The van der Waals surface area contributed by atoms with Gasteiger partial charge in [0, 0.05) is 24.2 Å². The summed E-state index contributed by atoms with van der Waals surface area (Å²) in [6.45, 7) is 5.51. The van der Waals surface area contributed by atoms with Crippen molar-refractivity contribution < 1.29 is 4.79 Å². The number of amides is 1. The first-order valence-corrected chi connectivity index (χ1v) is 7.80. The summed E-state index contributed by atoms with van der Waals surface area (Å²) in [4.78, 5) is 14.8. The van der Waals surface area contributed by atoms with E-state index in [0.29, 0.717) is 17.9 Å². The number of nitrogens with zero attached hydrogens (tertiary/aromatic N) is 4. The molecule has 0 atom stereocenters. The van der Waals surface area contributed by atoms with Gasteiger partial charge in [-0.1, -0.05) is 31.2 Å². The van der Waals surface area contributed by atoms with Crippen LogP contribution in [0.1, 0.15) is 30.6 Å². The number of carbonyl (C=O) groups excluding carboxylic acids is 1. The molecule has 0 saturated carbocycles. The van der Waals surface area contributed by atoms with Gasteiger partial charge in [-0.3, -0.25) is 4.79 Å². The molecule has 3 aromatic rings. The summed E-state index contributed by atoms with van der Waals surface area (Å²) in [7, 11) is 0. The largest absolute Gasteiger partial charge is 0.339 e. The molecule has 1 aromatic heterocycles. The highest BCUT2D eigenvalue weighted by Gasteiger charge is 2.18. The lowest BCUT2D eigenvalue weighted by Gasteiger charge is -2.21. The van der Waals surface area contributed by atoms with Crippen molar-refractivity contribution in [3.05, 3.63) is 42.0 Å². The predicted molar refractivity (Wildman–Crippen MR) is 89.0 cm³/mol. The Labute approximate surface area is 134 Å². The molecule has 0 aliphatic heterocycles. The van der Waals surface area contributed by atoms with Crippen LogP contribution >= 0.6 is 0 Å². The van der Waals surface area contributed by atoms with E-state index in [4.69, 9.17) is 0 Å². The summed E-state index contributed by atoms with van der Waals surface area (Å²) < 4.78 is 0. The van der Waals surface area contributed by atoms with Crippen LogP contribution in [0.25, 0.3) is 22.2 Å². The van der Waals surface area contributed by atoms with Crippen molar-refractivity contribution in [1.82, 2.24) is 25.5 Å². The minimum absolute atomic E-state index is 0.0379. The van der Waals surface area contributed by atoms with Crippen LogP contribution in [0.4, 0.5) is 0 Å². The van der Waals surface area contributed by atoms with Crippen molar-refractivity contribution in [3.8, 4) is 11.4 Å². The molecule has 0 saturated heterocycles. The van der Waals surface area contributed by atoms with Crippen molar-refractivity contribution in [3.63, 3.8) is 0 Å². The smallest absolute Gasteiger partial charge is 0.254 e. The number of hydrogen-bond donors (Lipinski definition) is 1. The number of aromatic nitrogens is 4. The molecule has 1 heterocycles. The Balaban J connectivity index is 2.16. The third-order valence-electron chi connectivity index (χ3n) is 3.86. The van der Waals surface area contributed by atoms with Gasteiger partial charge in [0.05, 0.1) is 0 Å². The molecule has 0 spiro atoms. The van der Waals surface area contributed by atoms with Gasteiger partial charge in [-0.15, -0.1) is 10.2 Å². The highest BCUT2D eigenvalue weighted by Crippen LogP contribution is 2.26. The molecule has 23 heavy (non-hydrogen) atoms. The number of H-pyrrole nitrogens is 1. The minimum Gasteiger partial charge on any atom is -0.339 e. The van der Waals surface area contributed by atoms with E-state index in [9.17, 15) is 4.79 Å². The van der Waals surface area contributed by atoms with Crippen molar-refractivity contribution in [1.29, 1.82) is 0 Å². The average Bonchev–Trinajstić information content (AvgIpc) is 3.12. The first-order chi connectivity index (χ1) is 11.2. The molecule has 0 unspecified atom stereocenters. The normalized spacial score (nSPS) is 10.9. The maximum atomic E-state index is 13.0. The SMILES string of the molecule is CCCN(CC)C(=O)c1cc(-c2nn[nH]n2)cc2ccccc12. The van der Waals surface area contributed by atoms with Crippen LogP contribution in [0.3, 0.4) is 0 Å². The number of hydrogen-bond acceptors (Lipinski definition) is 4. The molecule has 0 fully saturated rings. The van der Waals surface area contributed by atoms with Gasteiger partial charge in [-0.05, 0) is 41.5 Å². The molecule has 6 heteroatoms. The molecule has 0 bridgehead atoms. The minimum atomic E-state index is 0.0379. The van der Waals surface area contributed by atoms with Gasteiger partial charge in [0.1, 0.15) is 0 Å². The Morgan fingerprint density at radius 3 is 2.74 bits per heavy atom. The second kappa shape index (κ2) is 6.56. The van der Waals surface area contributed by atoms with Gasteiger partial charge in [0.15, 0.2) is 0 Å². The monoisotopic (exact) mass is 309 g/mol. The van der Waals surface area contributed by atoms with E-state index in [-0.39, 0.29) is 5.91 Å². The number of nitrogens with one attached hydrogen (secondary N) is 1. The number of rotatable bonds is 5. The van der Waals surface area contributed by atoms with Gasteiger partial charge in [-0.25, -0.2) is 0 Å². The predicted octanol–water partition coefficient (Wildman–Crippen LogP) is 2.89. The molecule has 118 valence electrons. The zero-order valence-electron chi connectivity index (χ0n) is 13.3. The lowest BCUT2D eigenvalue weighted by atomic mass is 9.99. The van der Waals surface area contributed by atoms with E-state index in [1.54, 1.807) is 0 Å². The van der Waals surface area contributed by atoms with Crippen molar-refractivity contribution in [2.24, 2.45) is 0 Å². The van der Waals surface area contributed by atoms with Gasteiger partial charge in [-0.2, -0.15) is 5.21 Å². The summed E-state index contributed by atoms with van der Waals surface area (Å²) in [5, 5.41) is 16.0. The third kappa shape index (κ3) is 2.92. The molecular weight excluding hydrogens is 290 g/mol. The summed E-state index contributed by atoms with van der Waals surface area (Å²) in [6.07, 6.45) is 0.933. The highest BCUT2D eigenvalue weighted by molar-refractivity contribution is 6.08. The fourth-order valence-electron chi connectivity index (χ4n) is 2.74. The Morgan fingerprint density at radius 1 is 1.22 bits per heavy atom. The van der Waals surface area contributed by atoms with Gasteiger partial charge < -0.3 is 4.90 Å². The number of aromatic amines is 1. The van der Waals surface area contributed by atoms with Gasteiger partial charge in [0.25, 0.3) is 5.91 Å². The zero-order chi connectivity index (χ0) is 16.2. The van der Waals surface area contributed by atoms with Crippen molar-refractivity contribution >= 4 is 16.7 Å². The van der Waals surface area contributed by atoms with Crippen LogP contribution in [0.2, 0.25) is 0 Å². The molecule has 0 aliphatic rings. The van der Waals surface area contributed by atoms with Crippen LogP contribution < -0.4 is 0 Å². The van der Waals surface area contributed by atoms with E-state index in [0.717, 1.165) is 29.3 Å². The summed E-state index contributed by atoms with van der Waals surface area (Å²) in [5.41, 5.74) is 1.46. The fourth-order valence-corrected chi connectivity index (χ4v) is 2.74. The van der Waals surface area contributed by atoms with E-state index in [1.807, 2.05) is 48.2 Å². The molecule has 3 rings (SSSR count). The van der Waals surface area contributed by atoms with Crippen LogP contribution in [0.15, 0.2) is 36.4 Å². The molecule has 0 aliphatic carbocycles. The van der Waals surface area contributed by atoms with Crippen molar-refractivity contribution in [2.45, 2.75) is 20.3 Å². The number of carbonyl (C=O) groups is 1. The second-order valence-corrected chi connectivity index (χ2v) is 5.37. The van der Waals surface area contributed by atoms with E-state index in [2.05, 4.69) is 27.5 Å². The van der Waals surface area contributed by atoms with Crippen LogP contribution in [0.5, 0.6) is 0 Å². The lowest BCUT2D eigenvalue weighted by molar-refractivity contribution is 0.0766. The van der Waals surface area contributed by atoms with Gasteiger partial charge >= 0.3 is 0 Å². The summed E-state index contributed by atoms with van der Waals surface area (Å²) in [5.74, 6) is 0.527. The number of fused-ring (bicyclic) bond motifs is 1. The maximum absolute atomic E-state index is 13.0. The first kappa shape index (κ1) is 15.1. The second-order valence-electron chi connectivity index (χ2n) is 5.37. The standard InChI is InChI=1S/C17H19N5O/c1-3-9-22(4-2)17(23)15-11-13(16-18-20-21-19-16)10-12-7-5-6-8-14(12)15/h5-8,10-11H,3-4,9H2,1-2H3,(H,18,19,20,21). The topological polar surface area (TPSA) is 74.8 Å². The molecule has 1 amide bonds. The molecular formula is C17H19N5O. The average molecular weight is 309 g/mol. The Kier molecular flexibility index (Phi) is 4.32. The van der Waals surface area contributed by atoms with E-state index < -0.39 is 0 Å². The molecule has 1 N–H and O–H groups in total. The Hall–Kier alpha value is -2.76. The van der Waals surface area contributed by atoms with Gasteiger partial charge in [0.2, 0.25) is 5.82 Å². The number of tetrazole rings is 1. The van der Waals surface area contributed by atoms with E-state index >= 15 is 0 Å². The zero-order valence-corrected chi connectivity index (χ0v) is 13.3. The fraction of sp³-hybridized carbons (Fsp3) is 0.294. The van der Waals surface area contributed by atoms with Crippen LogP contribution in [0, 0.1) is 0 Å². The molecule has 6 nitrogen and oxygen atoms in total. The first-order valence-electron chi connectivity index (χ1n) is 7.80. The van der Waals surface area contributed by atoms with E-state index in [1.165, 1.54) is 0 Å². The van der Waals surface area contributed by atoms with Crippen LogP contribution in [-0.2, 0) is 0 Å². The third-order valence-corrected chi connectivity index (χ3v) is 3.86. The highest BCUT2D eigenvalue weighted by atomic mass is 16.2. The maximum Gasteiger partial charge on any atom is 0.254 e.